The van der Waals surface area contributed by atoms with E-state index in [1.54, 1.807) is 0 Å². The summed E-state index contributed by atoms with van der Waals surface area (Å²) in [6.07, 6.45) is 7.88. The lowest BCUT2D eigenvalue weighted by Gasteiger charge is -2.31. The fourth-order valence-corrected chi connectivity index (χ4v) is 2.77. The highest BCUT2D eigenvalue weighted by molar-refractivity contribution is 5.49. The highest BCUT2D eigenvalue weighted by Gasteiger charge is 2.24. The number of carbonyl (C=O) groups is 1. The Hall–Kier alpha value is -0.590. The third-order valence-corrected chi connectivity index (χ3v) is 3.49. The van der Waals surface area contributed by atoms with Crippen LogP contribution in [0.5, 0.6) is 0 Å². The predicted molar refractivity (Wildman–Crippen MR) is 64.7 cm³/mol. The van der Waals surface area contributed by atoms with Gasteiger partial charge in [-0.1, -0.05) is 26.0 Å². The molecule has 1 rings (SSSR count). The standard InChI is InChI=1S/C14H24O/c1-11(2)9-13-6-7-14(5-4-8-15)12(3)10-13/h8,11,13-14H,3-7,9-10H2,1-2H3. The highest BCUT2D eigenvalue weighted by atomic mass is 16.1. The molecule has 0 aromatic rings. The van der Waals surface area contributed by atoms with E-state index in [4.69, 9.17) is 0 Å². The van der Waals surface area contributed by atoms with Gasteiger partial charge in [-0.15, -0.1) is 0 Å². The molecule has 0 spiro atoms. The summed E-state index contributed by atoms with van der Waals surface area (Å²) in [5.41, 5.74) is 1.40. The molecule has 1 nitrogen and oxygen atoms in total. The molecule has 0 aromatic carbocycles. The van der Waals surface area contributed by atoms with Crippen molar-refractivity contribution in [3.05, 3.63) is 12.2 Å². The molecule has 0 aliphatic heterocycles. The van der Waals surface area contributed by atoms with Crippen LogP contribution in [0.2, 0.25) is 0 Å². The first kappa shape index (κ1) is 12.5. The fraction of sp³-hybridized carbons (Fsp3) is 0.786. The van der Waals surface area contributed by atoms with E-state index in [2.05, 4.69) is 20.4 Å². The maximum absolute atomic E-state index is 10.3. The second-order valence-electron chi connectivity index (χ2n) is 5.38. The third-order valence-electron chi connectivity index (χ3n) is 3.49. The monoisotopic (exact) mass is 208 g/mol. The first-order valence-corrected chi connectivity index (χ1v) is 6.24. The van der Waals surface area contributed by atoms with E-state index in [0.29, 0.717) is 12.3 Å². The maximum Gasteiger partial charge on any atom is 0.120 e. The zero-order valence-electron chi connectivity index (χ0n) is 10.2. The topological polar surface area (TPSA) is 17.1 Å². The molecule has 15 heavy (non-hydrogen) atoms. The maximum atomic E-state index is 10.3. The van der Waals surface area contributed by atoms with Crippen molar-refractivity contribution in [2.24, 2.45) is 17.8 Å². The lowest BCUT2D eigenvalue weighted by Crippen LogP contribution is -2.18. The Labute approximate surface area is 93.9 Å². The van der Waals surface area contributed by atoms with E-state index in [1.165, 1.54) is 31.3 Å². The SMILES string of the molecule is C=C1CC(CC(C)C)CCC1CCC=O. The molecule has 1 aliphatic carbocycles. The van der Waals surface area contributed by atoms with Crippen LogP contribution in [0, 0.1) is 17.8 Å². The minimum absolute atomic E-state index is 0.624. The Bertz CT molecular complexity index is 217. The Morgan fingerprint density at radius 1 is 1.47 bits per heavy atom. The largest absolute Gasteiger partial charge is 0.303 e. The van der Waals surface area contributed by atoms with Crippen molar-refractivity contribution in [2.75, 3.05) is 0 Å². The number of hydrogen-bond acceptors (Lipinski definition) is 1. The summed E-state index contributed by atoms with van der Waals surface area (Å²) in [5.74, 6) is 2.28. The fourth-order valence-electron chi connectivity index (χ4n) is 2.77. The molecule has 1 saturated carbocycles. The first-order chi connectivity index (χ1) is 7.13. The van der Waals surface area contributed by atoms with Gasteiger partial charge in [0.25, 0.3) is 0 Å². The molecule has 0 amide bonds. The quantitative estimate of drug-likeness (QED) is 0.493. The minimum atomic E-state index is 0.624. The number of carbonyl (C=O) groups excluding carboxylic acids is 1. The van der Waals surface area contributed by atoms with Crippen LogP contribution < -0.4 is 0 Å². The Balaban J connectivity index is 2.34. The molecule has 0 bridgehead atoms. The van der Waals surface area contributed by atoms with Crippen molar-refractivity contribution in [2.45, 2.75) is 52.4 Å². The normalized spacial score (nSPS) is 27.0. The Morgan fingerprint density at radius 2 is 2.20 bits per heavy atom. The van der Waals surface area contributed by atoms with Crippen LogP contribution in [0.4, 0.5) is 0 Å². The van der Waals surface area contributed by atoms with Gasteiger partial charge in [0, 0.05) is 6.42 Å². The van der Waals surface area contributed by atoms with E-state index in [0.717, 1.165) is 24.5 Å². The molecular formula is C14H24O. The molecule has 86 valence electrons. The zero-order chi connectivity index (χ0) is 11.3. The van der Waals surface area contributed by atoms with Crippen molar-refractivity contribution < 1.29 is 4.79 Å². The van der Waals surface area contributed by atoms with Crippen molar-refractivity contribution in [3.8, 4) is 0 Å². The Kier molecular flexibility index (Phi) is 5.07. The summed E-state index contributed by atoms with van der Waals surface area (Å²) in [5, 5.41) is 0. The van der Waals surface area contributed by atoms with Crippen LogP contribution in [0.1, 0.15) is 52.4 Å². The molecular weight excluding hydrogens is 184 g/mol. The molecule has 2 unspecified atom stereocenters. The van der Waals surface area contributed by atoms with E-state index in [1.807, 2.05) is 0 Å². The van der Waals surface area contributed by atoms with Gasteiger partial charge in [-0.3, -0.25) is 0 Å². The smallest absolute Gasteiger partial charge is 0.120 e. The molecule has 1 fully saturated rings. The van der Waals surface area contributed by atoms with Crippen LogP contribution in [-0.4, -0.2) is 6.29 Å². The average Bonchev–Trinajstić information content (AvgIpc) is 2.15. The third kappa shape index (κ3) is 4.19. The van der Waals surface area contributed by atoms with E-state index >= 15 is 0 Å². The summed E-state index contributed by atoms with van der Waals surface area (Å²) < 4.78 is 0. The predicted octanol–water partition coefficient (Wildman–Crippen LogP) is 3.98. The van der Waals surface area contributed by atoms with Crippen LogP contribution in [0.15, 0.2) is 12.2 Å². The van der Waals surface area contributed by atoms with Crippen molar-refractivity contribution >= 4 is 6.29 Å². The van der Waals surface area contributed by atoms with Crippen molar-refractivity contribution in [3.63, 3.8) is 0 Å². The first-order valence-electron chi connectivity index (χ1n) is 6.24. The van der Waals surface area contributed by atoms with Crippen molar-refractivity contribution in [1.29, 1.82) is 0 Å². The van der Waals surface area contributed by atoms with Crippen LogP contribution in [0.25, 0.3) is 0 Å². The van der Waals surface area contributed by atoms with Gasteiger partial charge < -0.3 is 4.79 Å². The zero-order valence-corrected chi connectivity index (χ0v) is 10.2. The molecule has 1 aliphatic rings. The van der Waals surface area contributed by atoms with Crippen LogP contribution in [0.3, 0.4) is 0 Å². The van der Waals surface area contributed by atoms with Gasteiger partial charge in [0.2, 0.25) is 0 Å². The Morgan fingerprint density at radius 3 is 2.73 bits per heavy atom. The summed E-state index contributed by atoms with van der Waals surface area (Å²) in [6, 6.07) is 0. The number of rotatable bonds is 5. The molecule has 2 atom stereocenters. The molecule has 0 N–H and O–H groups in total. The van der Waals surface area contributed by atoms with Gasteiger partial charge in [0.05, 0.1) is 0 Å². The average molecular weight is 208 g/mol. The number of allylic oxidation sites excluding steroid dienone is 1. The second-order valence-corrected chi connectivity index (χ2v) is 5.38. The van der Waals surface area contributed by atoms with Gasteiger partial charge in [-0.05, 0) is 49.9 Å². The second kappa shape index (κ2) is 6.09. The van der Waals surface area contributed by atoms with E-state index < -0.39 is 0 Å². The van der Waals surface area contributed by atoms with E-state index in [-0.39, 0.29) is 0 Å². The summed E-state index contributed by atoms with van der Waals surface area (Å²) in [6.45, 7) is 8.78. The van der Waals surface area contributed by atoms with Gasteiger partial charge in [-0.2, -0.15) is 0 Å². The molecule has 0 aromatic heterocycles. The van der Waals surface area contributed by atoms with Gasteiger partial charge >= 0.3 is 0 Å². The lowest BCUT2D eigenvalue weighted by molar-refractivity contribution is -0.108. The van der Waals surface area contributed by atoms with Crippen LogP contribution >= 0.6 is 0 Å². The summed E-state index contributed by atoms with van der Waals surface area (Å²) in [4.78, 5) is 10.3. The van der Waals surface area contributed by atoms with E-state index in [9.17, 15) is 4.79 Å². The summed E-state index contributed by atoms with van der Waals surface area (Å²) in [7, 11) is 0. The molecule has 1 heteroatoms. The minimum Gasteiger partial charge on any atom is -0.303 e. The van der Waals surface area contributed by atoms with Gasteiger partial charge in [-0.25, -0.2) is 0 Å². The van der Waals surface area contributed by atoms with Crippen molar-refractivity contribution in [1.82, 2.24) is 0 Å². The molecule has 0 heterocycles. The molecule has 0 saturated heterocycles. The van der Waals surface area contributed by atoms with Crippen LogP contribution in [-0.2, 0) is 4.79 Å². The number of hydrogen-bond donors (Lipinski definition) is 0. The molecule has 0 radical (unpaired) electrons. The lowest BCUT2D eigenvalue weighted by atomic mass is 9.74. The summed E-state index contributed by atoms with van der Waals surface area (Å²) >= 11 is 0. The van der Waals surface area contributed by atoms with Gasteiger partial charge in [0.15, 0.2) is 0 Å². The van der Waals surface area contributed by atoms with Gasteiger partial charge in [0.1, 0.15) is 6.29 Å². The number of aldehydes is 1. The highest BCUT2D eigenvalue weighted by Crippen LogP contribution is 2.37.